The second kappa shape index (κ2) is 9.79. The van der Waals surface area contributed by atoms with Gasteiger partial charge in [0.05, 0.1) is 17.8 Å². The number of benzene rings is 1. The molecule has 1 aliphatic carbocycles. The summed E-state index contributed by atoms with van der Waals surface area (Å²) in [6, 6.07) is 5.50. The molecule has 3 N–H and O–H groups in total. The Bertz CT molecular complexity index is 1070. The van der Waals surface area contributed by atoms with Crippen molar-refractivity contribution in [2.75, 3.05) is 37.5 Å². The van der Waals surface area contributed by atoms with Crippen LogP contribution in [0.15, 0.2) is 48.3 Å². The molecular formula is C23H26ClN5O3. The summed E-state index contributed by atoms with van der Waals surface area (Å²) in [4.78, 5) is 24.0. The normalized spacial score (nSPS) is 19.8. The number of carbonyl (C=O) groups is 1. The predicted molar refractivity (Wildman–Crippen MR) is 125 cm³/mol. The zero-order chi connectivity index (χ0) is 22.7. The molecule has 0 saturated carbocycles. The molecule has 2 heterocycles. The smallest absolute Gasteiger partial charge is 0.231 e. The van der Waals surface area contributed by atoms with Crippen molar-refractivity contribution in [1.82, 2.24) is 9.97 Å². The number of nitrogens with one attached hydrogen (secondary N) is 1. The van der Waals surface area contributed by atoms with Crippen LogP contribution in [0.2, 0.25) is 5.02 Å². The SMILES string of the molecule is COC1C=CC(Nc2ncc3c(n2)-c2ccc(Cl)cc2N(CCCN)C(=O)C3)=CC1OC. The van der Waals surface area contributed by atoms with Gasteiger partial charge in [0.25, 0.3) is 0 Å². The first-order valence-electron chi connectivity index (χ1n) is 10.4. The van der Waals surface area contributed by atoms with Crippen molar-refractivity contribution >= 4 is 29.1 Å². The molecule has 0 bridgehead atoms. The van der Waals surface area contributed by atoms with Crippen molar-refractivity contribution in [2.45, 2.75) is 25.0 Å². The fourth-order valence-corrected chi connectivity index (χ4v) is 4.07. The van der Waals surface area contributed by atoms with Crippen LogP contribution in [0.25, 0.3) is 11.3 Å². The molecule has 2 aliphatic rings. The van der Waals surface area contributed by atoms with E-state index in [9.17, 15) is 4.79 Å². The fourth-order valence-electron chi connectivity index (χ4n) is 3.91. The number of carbonyl (C=O) groups excluding carboxylic acids is 1. The van der Waals surface area contributed by atoms with Gasteiger partial charge in [-0.2, -0.15) is 0 Å². The molecule has 2 unspecified atom stereocenters. The molecule has 168 valence electrons. The number of hydrogen-bond acceptors (Lipinski definition) is 7. The van der Waals surface area contributed by atoms with E-state index in [2.05, 4.69) is 10.3 Å². The highest BCUT2D eigenvalue weighted by molar-refractivity contribution is 6.31. The van der Waals surface area contributed by atoms with Gasteiger partial charge in [-0.25, -0.2) is 9.97 Å². The van der Waals surface area contributed by atoms with Gasteiger partial charge in [0, 0.05) is 48.8 Å². The minimum Gasteiger partial charge on any atom is -0.374 e. The second-order valence-electron chi connectivity index (χ2n) is 7.60. The summed E-state index contributed by atoms with van der Waals surface area (Å²) in [5.74, 6) is 0.394. The third-order valence-electron chi connectivity index (χ3n) is 5.53. The van der Waals surface area contributed by atoms with Crippen LogP contribution in [-0.4, -0.2) is 55.4 Å². The third-order valence-corrected chi connectivity index (χ3v) is 5.77. The summed E-state index contributed by atoms with van der Waals surface area (Å²) >= 11 is 6.27. The Kier molecular flexibility index (Phi) is 6.86. The largest absolute Gasteiger partial charge is 0.374 e. The minimum atomic E-state index is -0.218. The van der Waals surface area contributed by atoms with Crippen molar-refractivity contribution < 1.29 is 14.3 Å². The van der Waals surface area contributed by atoms with Crippen LogP contribution in [0.3, 0.4) is 0 Å². The van der Waals surface area contributed by atoms with Gasteiger partial charge in [-0.3, -0.25) is 4.79 Å². The highest BCUT2D eigenvalue weighted by Crippen LogP contribution is 2.37. The second-order valence-corrected chi connectivity index (χ2v) is 8.04. The first kappa shape index (κ1) is 22.4. The number of aromatic nitrogens is 2. The van der Waals surface area contributed by atoms with Crippen molar-refractivity contribution in [2.24, 2.45) is 5.73 Å². The summed E-state index contributed by atoms with van der Waals surface area (Å²) < 4.78 is 10.9. The maximum Gasteiger partial charge on any atom is 0.231 e. The van der Waals surface area contributed by atoms with E-state index >= 15 is 0 Å². The lowest BCUT2D eigenvalue weighted by Crippen LogP contribution is -2.33. The van der Waals surface area contributed by atoms with Crippen LogP contribution in [0.5, 0.6) is 0 Å². The predicted octanol–water partition coefficient (Wildman–Crippen LogP) is 2.93. The number of fused-ring (bicyclic) bond motifs is 3. The van der Waals surface area contributed by atoms with Gasteiger partial charge in [-0.15, -0.1) is 0 Å². The van der Waals surface area contributed by atoms with E-state index in [1.165, 1.54) is 0 Å². The molecule has 2 atom stereocenters. The van der Waals surface area contributed by atoms with E-state index in [1.54, 1.807) is 37.4 Å². The summed E-state index contributed by atoms with van der Waals surface area (Å²) in [7, 11) is 3.28. The number of nitrogens with zero attached hydrogens (tertiary/aromatic N) is 3. The van der Waals surface area contributed by atoms with Crippen LogP contribution < -0.4 is 16.0 Å². The maximum atomic E-state index is 13.0. The van der Waals surface area contributed by atoms with Crippen molar-refractivity contribution in [3.8, 4) is 11.3 Å². The van der Waals surface area contributed by atoms with Gasteiger partial charge in [-0.05, 0) is 43.3 Å². The monoisotopic (exact) mass is 455 g/mol. The third kappa shape index (κ3) is 4.54. The van der Waals surface area contributed by atoms with Crippen LogP contribution >= 0.6 is 11.6 Å². The molecule has 0 fully saturated rings. The number of hydrogen-bond donors (Lipinski definition) is 2. The lowest BCUT2D eigenvalue weighted by molar-refractivity contribution is -0.117. The van der Waals surface area contributed by atoms with E-state index in [-0.39, 0.29) is 24.5 Å². The highest BCUT2D eigenvalue weighted by Gasteiger charge is 2.28. The number of anilines is 2. The molecule has 4 rings (SSSR count). The number of allylic oxidation sites excluding steroid dienone is 1. The summed E-state index contributed by atoms with van der Waals surface area (Å²) in [5, 5.41) is 3.79. The Morgan fingerprint density at radius 2 is 2.09 bits per heavy atom. The van der Waals surface area contributed by atoms with E-state index in [0.29, 0.717) is 36.2 Å². The first-order chi connectivity index (χ1) is 15.5. The lowest BCUT2D eigenvalue weighted by atomic mass is 10.0. The average Bonchev–Trinajstić information content (AvgIpc) is 2.91. The number of rotatable bonds is 7. The quantitative estimate of drug-likeness (QED) is 0.661. The molecule has 32 heavy (non-hydrogen) atoms. The molecular weight excluding hydrogens is 430 g/mol. The van der Waals surface area contributed by atoms with Gasteiger partial charge >= 0.3 is 0 Å². The molecule has 0 saturated heterocycles. The van der Waals surface area contributed by atoms with Crippen molar-refractivity contribution in [1.29, 1.82) is 0 Å². The Balaban J connectivity index is 1.70. The maximum absolute atomic E-state index is 13.0. The molecule has 2 aromatic rings. The molecule has 1 aromatic carbocycles. The molecule has 1 aromatic heterocycles. The van der Waals surface area contributed by atoms with E-state index in [4.69, 9.17) is 31.8 Å². The molecule has 1 aliphatic heterocycles. The first-order valence-corrected chi connectivity index (χ1v) is 10.8. The van der Waals surface area contributed by atoms with Crippen LogP contribution in [0, 0.1) is 0 Å². The zero-order valence-corrected chi connectivity index (χ0v) is 18.8. The van der Waals surface area contributed by atoms with Crippen molar-refractivity contribution in [3.63, 3.8) is 0 Å². The summed E-state index contributed by atoms with van der Waals surface area (Å²) in [5.41, 5.74) is 9.53. The average molecular weight is 456 g/mol. The van der Waals surface area contributed by atoms with Crippen LogP contribution in [-0.2, 0) is 20.7 Å². The number of halogens is 1. The fraction of sp³-hybridized carbons (Fsp3) is 0.348. The molecule has 0 radical (unpaired) electrons. The van der Waals surface area contributed by atoms with Crippen molar-refractivity contribution in [3.05, 3.63) is 58.9 Å². The lowest BCUT2D eigenvalue weighted by Gasteiger charge is -2.24. The zero-order valence-electron chi connectivity index (χ0n) is 18.0. The van der Waals surface area contributed by atoms with Crippen LogP contribution in [0.4, 0.5) is 11.6 Å². The Morgan fingerprint density at radius 3 is 2.84 bits per heavy atom. The van der Waals surface area contributed by atoms with Gasteiger partial charge in [0.2, 0.25) is 11.9 Å². The minimum absolute atomic E-state index is 0.0310. The van der Waals surface area contributed by atoms with E-state index < -0.39 is 0 Å². The topological polar surface area (TPSA) is 103 Å². The standard InChI is InChI=1S/C23H26ClN5O3/c1-31-19-7-5-16(12-20(19)32-2)27-23-26-13-14-10-21(30)29(9-3-8-25)18-11-15(24)4-6-17(18)22(14)28-23/h4-7,11-13,19-20H,3,8-10,25H2,1-2H3,(H,26,27,28). The number of nitrogens with two attached hydrogens (primary N) is 1. The van der Waals surface area contributed by atoms with E-state index in [1.807, 2.05) is 24.3 Å². The van der Waals surface area contributed by atoms with Gasteiger partial charge < -0.3 is 25.4 Å². The molecule has 0 spiro atoms. The van der Waals surface area contributed by atoms with Gasteiger partial charge in [0.15, 0.2) is 0 Å². The van der Waals surface area contributed by atoms with Gasteiger partial charge in [0.1, 0.15) is 12.2 Å². The number of ether oxygens (including phenoxy) is 2. The number of methoxy groups -OCH3 is 2. The highest BCUT2D eigenvalue weighted by atomic mass is 35.5. The Labute approximate surface area is 192 Å². The van der Waals surface area contributed by atoms with E-state index in [0.717, 1.165) is 22.5 Å². The van der Waals surface area contributed by atoms with Gasteiger partial charge in [-0.1, -0.05) is 17.7 Å². The molecule has 8 nitrogen and oxygen atoms in total. The number of amides is 1. The Morgan fingerprint density at radius 1 is 1.28 bits per heavy atom. The summed E-state index contributed by atoms with van der Waals surface area (Å²) in [6.45, 7) is 1.02. The Hall–Kier alpha value is -2.78. The summed E-state index contributed by atoms with van der Waals surface area (Å²) in [6.07, 6.45) is 7.98. The molecule has 9 heteroatoms. The van der Waals surface area contributed by atoms with Crippen LogP contribution in [0.1, 0.15) is 12.0 Å². The molecule has 1 amide bonds.